The number of hydrogen-bond acceptors (Lipinski definition) is 3. The van der Waals surface area contributed by atoms with Crippen LogP contribution in [-0.4, -0.2) is 47.2 Å². The van der Waals surface area contributed by atoms with Gasteiger partial charge in [0.15, 0.2) is 0 Å². The normalized spacial score (nSPS) is 24.9. The quantitative estimate of drug-likeness (QED) is 0.718. The van der Waals surface area contributed by atoms with Crippen LogP contribution in [0.25, 0.3) is 0 Å². The number of hydrogen-bond donors (Lipinski definition) is 2. The standard InChI is InChI=1S/C11H22N2O2/c1-11(2,3)13-6-4-5-12-8-9(13)7-10(14)15/h9,12H,4-8H2,1-3H3,(H,14,15). The van der Waals surface area contributed by atoms with Gasteiger partial charge in [-0.25, -0.2) is 0 Å². The zero-order valence-electron chi connectivity index (χ0n) is 9.92. The summed E-state index contributed by atoms with van der Waals surface area (Å²) in [5.74, 6) is -0.710. The van der Waals surface area contributed by atoms with Crippen molar-refractivity contribution in [1.29, 1.82) is 0 Å². The van der Waals surface area contributed by atoms with E-state index >= 15 is 0 Å². The highest BCUT2D eigenvalue weighted by Gasteiger charge is 2.30. The summed E-state index contributed by atoms with van der Waals surface area (Å²) in [6, 6.07) is 0.116. The molecular weight excluding hydrogens is 192 g/mol. The van der Waals surface area contributed by atoms with Crippen LogP contribution in [0.2, 0.25) is 0 Å². The minimum Gasteiger partial charge on any atom is -0.481 e. The number of carbonyl (C=O) groups is 1. The second-order valence-electron chi connectivity index (χ2n) is 5.17. The summed E-state index contributed by atoms with van der Waals surface area (Å²) in [4.78, 5) is 13.1. The molecular formula is C11H22N2O2. The summed E-state index contributed by atoms with van der Waals surface area (Å²) < 4.78 is 0. The van der Waals surface area contributed by atoms with E-state index in [-0.39, 0.29) is 18.0 Å². The molecule has 1 rings (SSSR count). The maximum atomic E-state index is 10.8. The summed E-state index contributed by atoms with van der Waals surface area (Å²) in [5, 5.41) is 12.2. The molecule has 0 aromatic rings. The van der Waals surface area contributed by atoms with Crippen molar-refractivity contribution >= 4 is 5.97 Å². The van der Waals surface area contributed by atoms with Crippen molar-refractivity contribution < 1.29 is 9.90 Å². The van der Waals surface area contributed by atoms with E-state index < -0.39 is 5.97 Å². The molecule has 0 saturated carbocycles. The lowest BCUT2D eigenvalue weighted by Gasteiger charge is -2.40. The smallest absolute Gasteiger partial charge is 0.304 e. The zero-order chi connectivity index (χ0) is 11.5. The molecule has 2 N–H and O–H groups in total. The fraction of sp³-hybridized carbons (Fsp3) is 0.909. The molecule has 15 heavy (non-hydrogen) atoms. The predicted octanol–water partition coefficient (Wildman–Crippen LogP) is 0.923. The summed E-state index contributed by atoms with van der Waals surface area (Å²) >= 11 is 0. The van der Waals surface area contributed by atoms with Crippen molar-refractivity contribution in [3.05, 3.63) is 0 Å². The monoisotopic (exact) mass is 214 g/mol. The second-order valence-corrected chi connectivity index (χ2v) is 5.17. The van der Waals surface area contributed by atoms with Gasteiger partial charge in [-0.05, 0) is 33.7 Å². The molecule has 0 aliphatic carbocycles. The number of nitrogens with zero attached hydrogens (tertiary/aromatic N) is 1. The van der Waals surface area contributed by atoms with Crippen LogP contribution in [-0.2, 0) is 4.79 Å². The molecule has 0 bridgehead atoms. The Morgan fingerprint density at radius 3 is 2.73 bits per heavy atom. The Morgan fingerprint density at radius 1 is 1.53 bits per heavy atom. The SMILES string of the molecule is CC(C)(C)N1CCCNCC1CC(=O)O. The topological polar surface area (TPSA) is 52.6 Å². The average molecular weight is 214 g/mol. The molecule has 0 spiro atoms. The molecule has 1 unspecified atom stereocenters. The van der Waals surface area contributed by atoms with Gasteiger partial charge in [-0.1, -0.05) is 0 Å². The lowest BCUT2D eigenvalue weighted by Crippen LogP contribution is -2.51. The minimum atomic E-state index is -0.710. The fourth-order valence-electron chi connectivity index (χ4n) is 2.20. The fourth-order valence-corrected chi connectivity index (χ4v) is 2.20. The van der Waals surface area contributed by atoms with E-state index in [2.05, 4.69) is 31.0 Å². The molecule has 1 aliphatic rings. The molecule has 1 atom stereocenters. The molecule has 4 heteroatoms. The molecule has 4 nitrogen and oxygen atoms in total. The Kier molecular flexibility index (Phi) is 4.11. The summed E-state index contributed by atoms with van der Waals surface area (Å²) in [6.07, 6.45) is 1.32. The summed E-state index contributed by atoms with van der Waals surface area (Å²) in [7, 11) is 0. The molecule has 0 aromatic carbocycles. The first kappa shape index (κ1) is 12.5. The molecule has 1 fully saturated rings. The third-order valence-electron chi connectivity index (χ3n) is 2.85. The highest BCUT2D eigenvalue weighted by molar-refractivity contribution is 5.67. The molecule has 0 amide bonds. The van der Waals surface area contributed by atoms with E-state index in [0.29, 0.717) is 0 Å². The van der Waals surface area contributed by atoms with E-state index in [9.17, 15) is 4.79 Å². The molecule has 88 valence electrons. The average Bonchev–Trinajstić information content (AvgIpc) is 2.27. The lowest BCUT2D eigenvalue weighted by atomic mass is 10.0. The maximum Gasteiger partial charge on any atom is 0.304 e. The Balaban J connectivity index is 2.71. The predicted molar refractivity (Wildman–Crippen MR) is 60.0 cm³/mol. The Hall–Kier alpha value is -0.610. The Bertz CT molecular complexity index is 223. The molecule has 0 radical (unpaired) electrons. The highest BCUT2D eigenvalue weighted by Crippen LogP contribution is 2.20. The van der Waals surface area contributed by atoms with Gasteiger partial charge in [-0.15, -0.1) is 0 Å². The third kappa shape index (κ3) is 3.80. The molecule has 1 heterocycles. The van der Waals surface area contributed by atoms with Crippen molar-refractivity contribution in [2.24, 2.45) is 0 Å². The van der Waals surface area contributed by atoms with Crippen molar-refractivity contribution in [3.63, 3.8) is 0 Å². The molecule has 0 aromatic heterocycles. The van der Waals surface area contributed by atoms with E-state index in [1.165, 1.54) is 0 Å². The van der Waals surface area contributed by atoms with Crippen molar-refractivity contribution in [2.75, 3.05) is 19.6 Å². The Labute approximate surface area is 91.6 Å². The second kappa shape index (κ2) is 4.94. The van der Waals surface area contributed by atoms with Crippen LogP contribution in [0.15, 0.2) is 0 Å². The van der Waals surface area contributed by atoms with Gasteiger partial charge in [0.25, 0.3) is 0 Å². The molecule has 1 saturated heterocycles. The van der Waals surface area contributed by atoms with E-state index in [1.807, 2.05) is 0 Å². The number of aliphatic carboxylic acids is 1. The van der Waals surface area contributed by atoms with Crippen LogP contribution in [0.4, 0.5) is 0 Å². The number of carboxylic acid groups (broad SMARTS) is 1. The van der Waals surface area contributed by atoms with Crippen molar-refractivity contribution in [1.82, 2.24) is 10.2 Å². The summed E-state index contributed by atoms with van der Waals surface area (Å²) in [5.41, 5.74) is 0.0478. The van der Waals surface area contributed by atoms with Gasteiger partial charge in [0.1, 0.15) is 0 Å². The van der Waals surface area contributed by atoms with E-state index in [4.69, 9.17) is 5.11 Å². The zero-order valence-corrected chi connectivity index (χ0v) is 9.92. The van der Waals surface area contributed by atoms with Crippen LogP contribution in [0, 0.1) is 0 Å². The van der Waals surface area contributed by atoms with Crippen LogP contribution in [0.3, 0.4) is 0 Å². The van der Waals surface area contributed by atoms with Crippen molar-refractivity contribution in [3.8, 4) is 0 Å². The first-order valence-corrected chi connectivity index (χ1v) is 5.60. The van der Waals surface area contributed by atoms with Crippen LogP contribution in [0.5, 0.6) is 0 Å². The van der Waals surface area contributed by atoms with Gasteiger partial charge in [-0.3, -0.25) is 9.69 Å². The van der Waals surface area contributed by atoms with Crippen LogP contribution in [0.1, 0.15) is 33.6 Å². The molecule has 1 aliphatic heterocycles. The van der Waals surface area contributed by atoms with Gasteiger partial charge < -0.3 is 10.4 Å². The van der Waals surface area contributed by atoms with Gasteiger partial charge in [-0.2, -0.15) is 0 Å². The highest BCUT2D eigenvalue weighted by atomic mass is 16.4. The van der Waals surface area contributed by atoms with Crippen LogP contribution >= 0.6 is 0 Å². The first-order valence-electron chi connectivity index (χ1n) is 5.60. The maximum absolute atomic E-state index is 10.8. The largest absolute Gasteiger partial charge is 0.481 e. The van der Waals surface area contributed by atoms with Crippen LogP contribution < -0.4 is 5.32 Å². The van der Waals surface area contributed by atoms with Gasteiger partial charge in [0, 0.05) is 24.7 Å². The van der Waals surface area contributed by atoms with E-state index in [1.54, 1.807) is 0 Å². The van der Waals surface area contributed by atoms with E-state index in [0.717, 1.165) is 26.1 Å². The Morgan fingerprint density at radius 2 is 2.20 bits per heavy atom. The van der Waals surface area contributed by atoms with Gasteiger partial charge >= 0.3 is 5.97 Å². The third-order valence-corrected chi connectivity index (χ3v) is 2.85. The first-order chi connectivity index (χ1) is 6.91. The summed E-state index contributed by atoms with van der Waals surface area (Å²) in [6.45, 7) is 9.19. The van der Waals surface area contributed by atoms with Gasteiger partial charge in [0.05, 0.1) is 6.42 Å². The number of rotatable bonds is 2. The van der Waals surface area contributed by atoms with Gasteiger partial charge in [0.2, 0.25) is 0 Å². The number of nitrogens with one attached hydrogen (secondary N) is 1. The van der Waals surface area contributed by atoms with Crippen molar-refractivity contribution in [2.45, 2.75) is 45.2 Å². The lowest BCUT2D eigenvalue weighted by molar-refractivity contribution is -0.138. The minimum absolute atomic E-state index is 0.0478. The number of carboxylic acids is 1.